The number of aryl methyl sites for hydroxylation is 1. The van der Waals surface area contributed by atoms with Gasteiger partial charge in [-0.15, -0.1) is 11.3 Å². The fraction of sp³-hybridized carbons (Fsp3) is 0.227. The van der Waals surface area contributed by atoms with Crippen molar-refractivity contribution in [2.45, 2.75) is 31.9 Å². The van der Waals surface area contributed by atoms with E-state index < -0.39 is 0 Å². The molecule has 0 unspecified atom stereocenters. The molecule has 1 aromatic heterocycles. The summed E-state index contributed by atoms with van der Waals surface area (Å²) in [4.78, 5) is 14.8. The molecule has 130 valence electrons. The summed E-state index contributed by atoms with van der Waals surface area (Å²) >= 11 is 1.56. The highest BCUT2D eigenvalue weighted by Gasteiger charge is 2.25. The second-order valence-corrected chi connectivity index (χ2v) is 7.92. The Balaban J connectivity index is 1.43. The van der Waals surface area contributed by atoms with Crippen LogP contribution in [0.15, 0.2) is 54.6 Å². The molecule has 0 radical (unpaired) electrons. The first-order valence-corrected chi connectivity index (χ1v) is 9.85. The van der Waals surface area contributed by atoms with E-state index in [1.165, 1.54) is 11.1 Å². The summed E-state index contributed by atoms with van der Waals surface area (Å²) in [5, 5.41) is 3.26. The molecular formula is C22H19NO2S. The van der Waals surface area contributed by atoms with Crippen LogP contribution in [-0.2, 0) is 13.0 Å². The highest BCUT2D eigenvalue weighted by molar-refractivity contribution is 7.17. The number of hydrogen-bond donors (Lipinski definition) is 1. The molecule has 1 aliphatic heterocycles. The smallest absolute Gasteiger partial charge is 0.261 e. The van der Waals surface area contributed by atoms with Gasteiger partial charge in [-0.25, -0.2) is 0 Å². The molecule has 2 aromatic carbocycles. The van der Waals surface area contributed by atoms with E-state index in [0.29, 0.717) is 6.61 Å². The van der Waals surface area contributed by atoms with Gasteiger partial charge in [-0.05, 0) is 48.6 Å². The van der Waals surface area contributed by atoms with Crippen molar-refractivity contribution >= 4 is 17.2 Å². The zero-order valence-corrected chi connectivity index (χ0v) is 15.1. The first-order valence-electron chi connectivity index (χ1n) is 9.03. The maximum atomic E-state index is 12.9. The van der Waals surface area contributed by atoms with Crippen LogP contribution in [0.25, 0.3) is 10.4 Å². The second-order valence-electron chi connectivity index (χ2n) is 6.87. The quantitative estimate of drug-likeness (QED) is 0.688. The zero-order valence-electron chi connectivity index (χ0n) is 14.3. The number of rotatable bonds is 2. The van der Waals surface area contributed by atoms with Gasteiger partial charge in [-0.2, -0.15) is 0 Å². The lowest BCUT2D eigenvalue weighted by atomic mass is 9.88. The Bertz CT molecular complexity index is 991. The highest BCUT2D eigenvalue weighted by atomic mass is 32.1. The standard InChI is InChI=1S/C22H19NO2S/c24-22(23-18-10-5-7-14-6-1-2-8-16(14)18)20-12-15-13-25-19-11-4-3-9-17(19)21(15)26-20/h1-4,6,8-9,11-12,18H,5,7,10,13H2,(H,23,24)/t18-/m1/s1. The number of para-hydroxylation sites is 1. The summed E-state index contributed by atoms with van der Waals surface area (Å²) < 4.78 is 5.81. The Morgan fingerprint density at radius 1 is 1.08 bits per heavy atom. The molecule has 3 aromatic rings. The number of hydrogen-bond acceptors (Lipinski definition) is 3. The van der Waals surface area contributed by atoms with Crippen LogP contribution in [0.2, 0.25) is 0 Å². The van der Waals surface area contributed by atoms with Crippen LogP contribution >= 0.6 is 11.3 Å². The number of ether oxygens (including phenoxy) is 1. The van der Waals surface area contributed by atoms with Crippen LogP contribution in [0.5, 0.6) is 5.75 Å². The van der Waals surface area contributed by atoms with Gasteiger partial charge >= 0.3 is 0 Å². The Hall–Kier alpha value is -2.59. The van der Waals surface area contributed by atoms with Crippen molar-refractivity contribution in [1.82, 2.24) is 5.32 Å². The molecule has 0 saturated heterocycles. The minimum Gasteiger partial charge on any atom is -0.488 e. The van der Waals surface area contributed by atoms with Crippen molar-refractivity contribution in [2.75, 3.05) is 0 Å². The third-order valence-corrected chi connectivity index (χ3v) is 6.43. The van der Waals surface area contributed by atoms with Crippen molar-refractivity contribution in [3.63, 3.8) is 0 Å². The monoisotopic (exact) mass is 361 g/mol. The van der Waals surface area contributed by atoms with E-state index in [1.807, 2.05) is 24.3 Å². The van der Waals surface area contributed by atoms with Gasteiger partial charge < -0.3 is 10.1 Å². The molecule has 0 fully saturated rings. The van der Waals surface area contributed by atoms with E-state index >= 15 is 0 Å². The van der Waals surface area contributed by atoms with E-state index in [0.717, 1.165) is 45.9 Å². The minimum atomic E-state index is 0.0172. The SMILES string of the molecule is O=C(N[C@@H]1CCCc2ccccc21)c1cc2c(s1)-c1ccccc1OC2. The minimum absolute atomic E-state index is 0.0172. The number of thiophene rings is 1. The van der Waals surface area contributed by atoms with Gasteiger partial charge in [-0.1, -0.05) is 36.4 Å². The lowest BCUT2D eigenvalue weighted by molar-refractivity contribution is 0.0937. The first kappa shape index (κ1) is 15.6. The third kappa shape index (κ3) is 2.61. The number of fused-ring (bicyclic) bond motifs is 4. The first-order chi connectivity index (χ1) is 12.8. The average molecular weight is 361 g/mol. The van der Waals surface area contributed by atoms with E-state index in [4.69, 9.17) is 4.74 Å². The molecule has 1 amide bonds. The lowest BCUT2D eigenvalue weighted by Crippen LogP contribution is -2.30. The normalized spacial score (nSPS) is 17.5. The molecule has 2 heterocycles. The average Bonchev–Trinajstić information content (AvgIpc) is 3.13. The third-order valence-electron chi connectivity index (χ3n) is 5.22. The van der Waals surface area contributed by atoms with E-state index in [-0.39, 0.29) is 11.9 Å². The van der Waals surface area contributed by atoms with E-state index in [2.05, 4.69) is 35.6 Å². The van der Waals surface area contributed by atoms with Crippen LogP contribution in [0.1, 0.15) is 45.2 Å². The highest BCUT2D eigenvalue weighted by Crippen LogP contribution is 2.42. The van der Waals surface area contributed by atoms with Gasteiger partial charge in [0.1, 0.15) is 12.4 Å². The van der Waals surface area contributed by atoms with Crippen LogP contribution < -0.4 is 10.1 Å². The number of benzene rings is 2. The summed E-state index contributed by atoms with van der Waals surface area (Å²) in [5.41, 5.74) is 4.81. The molecule has 0 bridgehead atoms. The van der Waals surface area contributed by atoms with Crippen LogP contribution in [0.3, 0.4) is 0 Å². The molecular weight excluding hydrogens is 342 g/mol. The van der Waals surface area contributed by atoms with Gasteiger partial charge in [0.05, 0.1) is 10.9 Å². The Morgan fingerprint density at radius 2 is 1.92 bits per heavy atom. The van der Waals surface area contributed by atoms with Gasteiger partial charge in [0.15, 0.2) is 0 Å². The summed E-state index contributed by atoms with van der Waals surface area (Å²) in [6, 6.07) is 18.6. The number of amides is 1. The zero-order chi connectivity index (χ0) is 17.5. The van der Waals surface area contributed by atoms with Gasteiger partial charge in [0.2, 0.25) is 0 Å². The molecule has 0 saturated carbocycles. The maximum absolute atomic E-state index is 12.9. The summed E-state index contributed by atoms with van der Waals surface area (Å²) in [5.74, 6) is 0.915. The van der Waals surface area contributed by atoms with Crippen molar-refractivity contribution < 1.29 is 9.53 Å². The molecule has 3 nitrogen and oxygen atoms in total. The Kier molecular flexibility index (Phi) is 3.79. The summed E-state index contributed by atoms with van der Waals surface area (Å²) in [7, 11) is 0. The van der Waals surface area contributed by atoms with Crippen molar-refractivity contribution in [3.8, 4) is 16.2 Å². The fourth-order valence-corrected chi connectivity index (χ4v) is 5.04. The predicted molar refractivity (Wildman–Crippen MR) is 104 cm³/mol. The van der Waals surface area contributed by atoms with Crippen molar-refractivity contribution in [1.29, 1.82) is 0 Å². The molecule has 1 aliphatic carbocycles. The predicted octanol–water partition coefficient (Wildman–Crippen LogP) is 5.11. The second kappa shape index (κ2) is 6.29. The largest absolute Gasteiger partial charge is 0.488 e. The number of carbonyl (C=O) groups is 1. The molecule has 26 heavy (non-hydrogen) atoms. The topological polar surface area (TPSA) is 38.3 Å². The molecule has 0 spiro atoms. The van der Waals surface area contributed by atoms with E-state index in [9.17, 15) is 4.79 Å². The van der Waals surface area contributed by atoms with Gasteiger partial charge in [0.25, 0.3) is 5.91 Å². The fourth-order valence-electron chi connectivity index (χ4n) is 3.94. The molecule has 1 N–H and O–H groups in total. The van der Waals surface area contributed by atoms with Gasteiger partial charge in [-0.3, -0.25) is 4.79 Å². The van der Waals surface area contributed by atoms with E-state index in [1.54, 1.807) is 11.3 Å². The number of carbonyl (C=O) groups excluding carboxylic acids is 1. The summed E-state index contributed by atoms with van der Waals surface area (Å²) in [6.45, 7) is 0.530. The summed E-state index contributed by atoms with van der Waals surface area (Å²) in [6.07, 6.45) is 3.22. The lowest BCUT2D eigenvalue weighted by Gasteiger charge is -2.26. The number of nitrogens with one attached hydrogen (secondary N) is 1. The van der Waals surface area contributed by atoms with Crippen molar-refractivity contribution in [2.24, 2.45) is 0 Å². The Morgan fingerprint density at radius 3 is 2.88 bits per heavy atom. The van der Waals surface area contributed by atoms with Crippen LogP contribution in [0, 0.1) is 0 Å². The molecule has 4 heteroatoms. The van der Waals surface area contributed by atoms with Crippen LogP contribution in [-0.4, -0.2) is 5.91 Å². The maximum Gasteiger partial charge on any atom is 0.261 e. The van der Waals surface area contributed by atoms with Crippen molar-refractivity contribution in [3.05, 3.63) is 76.2 Å². The molecule has 5 rings (SSSR count). The van der Waals surface area contributed by atoms with Crippen LogP contribution in [0.4, 0.5) is 0 Å². The molecule has 1 atom stereocenters. The Labute approximate surface area is 156 Å². The van der Waals surface area contributed by atoms with Gasteiger partial charge in [0, 0.05) is 16.0 Å². The molecule has 2 aliphatic rings.